The summed E-state index contributed by atoms with van der Waals surface area (Å²) in [6, 6.07) is 18.6. The Bertz CT molecular complexity index is 1340. The van der Waals surface area contributed by atoms with Crippen LogP contribution >= 0.6 is 0 Å². The van der Waals surface area contributed by atoms with Crippen LogP contribution in [0.25, 0.3) is 0 Å². The molecule has 1 aliphatic rings. The third kappa shape index (κ3) is 5.51. The number of sulfonamides is 1. The molecule has 1 heterocycles. The lowest BCUT2D eigenvalue weighted by molar-refractivity contribution is -0.124. The largest absolute Gasteiger partial charge is 0.452 e. The molecule has 1 atom stereocenters. The highest BCUT2D eigenvalue weighted by molar-refractivity contribution is 7.92. The predicted octanol–water partition coefficient (Wildman–Crippen LogP) is 3.48. The molecular formula is C26H25FN2O5S. The topological polar surface area (TPSA) is 92.8 Å². The van der Waals surface area contributed by atoms with Crippen molar-refractivity contribution >= 4 is 27.6 Å². The zero-order chi connectivity index (χ0) is 25.0. The molecule has 1 amide bonds. The van der Waals surface area contributed by atoms with E-state index in [1.807, 2.05) is 19.1 Å². The van der Waals surface area contributed by atoms with Crippen LogP contribution in [0.3, 0.4) is 0 Å². The summed E-state index contributed by atoms with van der Waals surface area (Å²) in [5.41, 5.74) is 2.47. The smallest absolute Gasteiger partial charge is 0.338 e. The molecule has 9 heteroatoms. The Labute approximate surface area is 203 Å². The van der Waals surface area contributed by atoms with Gasteiger partial charge in [0.25, 0.3) is 15.9 Å². The summed E-state index contributed by atoms with van der Waals surface area (Å²) in [5.74, 6) is -1.63. The molecule has 182 valence electrons. The van der Waals surface area contributed by atoms with E-state index in [0.29, 0.717) is 25.1 Å². The summed E-state index contributed by atoms with van der Waals surface area (Å²) in [6.07, 6.45) is 1.10. The molecule has 7 nitrogen and oxygen atoms in total. The number of para-hydroxylation sites is 1. The van der Waals surface area contributed by atoms with E-state index >= 15 is 0 Å². The maximum Gasteiger partial charge on any atom is 0.338 e. The predicted molar refractivity (Wildman–Crippen MR) is 129 cm³/mol. The number of ether oxygens (including phenoxy) is 1. The van der Waals surface area contributed by atoms with Gasteiger partial charge in [0.1, 0.15) is 5.82 Å². The summed E-state index contributed by atoms with van der Waals surface area (Å²) in [7, 11) is -3.91. The zero-order valence-corrected chi connectivity index (χ0v) is 19.9. The van der Waals surface area contributed by atoms with E-state index in [9.17, 15) is 22.4 Å². The van der Waals surface area contributed by atoms with Crippen LogP contribution in [0.5, 0.6) is 0 Å². The Morgan fingerprint density at radius 2 is 1.80 bits per heavy atom. The van der Waals surface area contributed by atoms with Gasteiger partial charge in [-0.25, -0.2) is 17.6 Å². The average molecular weight is 497 g/mol. The van der Waals surface area contributed by atoms with E-state index in [2.05, 4.69) is 5.32 Å². The van der Waals surface area contributed by atoms with Gasteiger partial charge in [0.2, 0.25) is 0 Å². The van der Waals surface area contributed by atoms with Gasteiger partial charge in [-0.15, -0.1) is 0 Å². The number of benzene rings is 3. The molecule has 0 bridgehead atoms. The third-order valence-electron chi connectivity index (χ3n) is 5.75. The highest BCUT2D eigenvalue weighted by Gasteiger charge is 2.36. The van der Waals surface area contributed by atoms with Crippen molar-refractivity contribution in [3.63, 3.8) is 0 Å². The molecule has 4 rings (SSSR count). The lowest BCUT2D eigenvalue weighted by Gasteiger charge is -2.24. The Morgan fingerprint density at radius 3 is 2.57 bits per heavy atom. The molecule has 3 aromatic carbocycles. The first-order valence-corrected chi connectivity index (χ1v) is 12.6. The fourth-order valence-electron chi connectivity index (χ4n) is 4.06. The minimum absolute atomic E-state index is 0.0285. The first-order chi connectivity index (χ1) is 16.8. The maximum atomic E-state index is 13.4. The van der Waals surface area contributed by atoms with Crippen molar-refractivity contribution in [1.29, 1.82) is 0 Å². The number of esters is 1. The molecule has 0 saturated carbocycles. The molecule has 0 aliphatic carbocycles. The van der Waals surface area contributed by atoms with Gasteiger partial charge in [-0.1, -0.05) is 36.4 Å². The number of nitrogens with one attached hydrogen (secondary N) is 1. The molecule has 1 aliphatic heterocycles. The van der Waals surface area contributed by atoms with Crippen LogP contribution in [0.15, 0.2) is 77.7 Å². The van der Waals surface area contributed by atoms with Crippen molar-refractivity contribution in [3.05, 3.63) is 95.3 Å². The maximum absolute atomic E-state index is 13.4. The number of fused-ring (bicyclic) bond motifs is 1. The van der Waals surface area contributed by atoms with E-state index in [1.165, 1.54) is 40.7 Å². The number of carbonyl (C=O) groups excluding carboxylic acids is 2. The molecule has 0 radical (unpaired) electrons. The van der Waals surface area contributed by atoms with Crippen molar-refractivity contribution in [1.82, 2.24) is 5.32 Å². The standard InChI is InChI=1S/C26H25FN2O5S/c1-18-15-20-5-2-3-8-24(20)29(18)35(32,33)23-7-4-6-21(16-23)26(31)34-17-25(30)28-14-13-19-9-11-22(27)12-10-19/h2-12,16,18H,13-15,17H2,1H3,(H,28,30). The van der Waals surface area contributed by atoms with Crippen molar-refractivity contribution in [3.8, 4) is 0 Å². The second kappa shape index (κ2) is 10.3. The summed E-state index contributed by atoms with van der Waals surface area (Å²) in [6.45, 7) is 1.63. The van der Waals surface area contributed by atoms with Gasteiger partial charge >= 0.3 is 5.97 Å². The fourth-order valence-corrected chi connectivity index (χ4v) is 5.80. The third-order valence-corrected chi connectivity index (χ3v) is 7.68. The Morgan fingerprint density at radius 1 is 1.06 bits per heavy atom. The van der Waals surface area contributed by atoms with Crippen molar-refractivity contribution in [2.24, 2.45) is 0 Å². The van der Waals surface area contributed by atoms with Crippen molar-refractivity contribution in [2.45, 2.75) is 30.7 Å². The Hall–Kier alpha value is -3.72. The molecule has 0 fully saturated rings. The van der Waals surface area contributed by atoms with Crippen LogP contribution in [-0.2, 0) is 32.4 Å². The number of rotatable bonds is 8. The number of halogens is 1. The van der Waals surface area contributed by atoms with Gasteiger partial charge in [-0.05, 0) is 67.3 Å². The summed E-state index contributed by atoms with van der Waals surface area (Å²) >= 11 is 0. The van der Waals surface area contributed by atoms with Gasteiger partial charge in [0.05, 0.1) is 16.1 Å². The van der Waals surface area contributed by atoms with E-state index in [4.69, 9.17) is 4.74 Å². The Balaban J connectivity index is 1.36. The monoisotopic (exact) mass is 496 g/mol. The normalized spacial score (nSPS) is 14.9. The van der Waals surface area contributed by atoms with Gasteiger partial charge in [0.15, 0.2) is 6.61 Å². The number of nitrogens with zero attached hydrogens (tertiary/aromatic N) is 1. The van der Waals surface area contributed by atoms with Crippen LogP contribution in [0.2, 0.25) is 0 Å². The van der Waals surface area contributed by atoms with Crippen LogP contribution in [0.4, 0.5) is 10.1 Å². The zero-order valence-electron chi connectivity index (χ0n) is 19.1. The van der Waals surface area contributed by atoms with Crippen LogP contribution in [0, 0.1) is 5.82 Å². The fraction of sp³-hybridized carbons (Fsp3) is 0.231. The second-order valence-electron chi connectivity index (χ2n) is 8.31. The number of hydrogen-bond acceptors (Lipinski definition) is 5. The minimum Gasteiger partial charge on any atom is -0.452 e. The lowest BCUT2D eigenvalue weighted by atomic mass is 10.1. The summed E-state index contributed by atoms with van der Waals surface area (Å²) in [4.78, 5) is 24.5. The van der Waals surface area contributed by atoms with Crippen molar-refractivity contribution < 1.29 is 27.1 Å². The molecule has 0 spiro atoms. The first-order valence-electron chi connectivity index (χ1n) is 11.2. The van der Waals surface area contributed by atoms with Gasteiger partial charge < -0.3 is 10.1 Å². The van der Waals surface area contributed by atoms with Crippen molar-refractivity contribution in [2.75, 3.05) is 17.5 Å². The quantitative estimate of drug-likeness (QED) is 0.482. The number of amides is 1. The van der Waals surface area contributed by atoms with E-state index < -0.39 is 28.5 Å². The molecule has 1 N–H and O–H groups in total. The van der Waals surface area contributed by atoms with Gasteiger partial charge in [-0.2, -0.15) is 0 Å². The highest BCUT2D eigenvalue weighted by Crippen LogP contribution is 2.36. The van der Waals surface area contributed by atoms with Crippen LogP contribution in [-0.4, -0.2) is 39.5 Å². The highest BCUT2D eigenvalue weighted by atomic mass is 32.2. The number of carbonyl (C=O) groups is 2. The minimum atomic E-state index is -3.91. The van der Waals surface area contributed by atoms with Gasteiger partial charge in [-0.3, -0.25) is 9.10 Å². The molecule has 0 aromatic heterocycles. The van der Waals surface area contributed by atoms with Crippen LogP contribution in [0.1, 0.15) is 28.4 Å². The molecule has 35 heavy (non-hydrogen) atoms. The summed E-state index contributed by atoms with van der Waals surface area (Å²) < 4.78 is 46.2. The Kier molecular flexibility index (Phi) is 7.16. The SMILES string of the molecule is CC1Cc2ccccc2N1S(=O)(=O)c1cccc(C(=O)OCC(=O)NCCc2ccc(F)cc2)c1. The van der Waals surface area contributed by atoms with E-state index in [1.54, 1.807) is 24.3 Å². The average Bonchev–Trinajstić information content (AvgIpc) is 3.20. The first kappa shape index (κ1) is 24.4. The number of hydrogen-bond donors (Lipinski definition) is 1. The van der Waals surface area contributed by atoms with E-state index in [0.717, 1.165) is 11.1 Å². The second-order valence-corrected chi connectivity index (χ2v) is 10.1. The number of anilines is 1. The molecule has 3 aromatic rings. The molecular weight excluding hydrogens is 471 g/mol. The van der Waals surface area contributed by atoms with Crippen LogP contribution < -0.4 is 9.62 Å². The van der Waals surface area contributed by atoms with E-state index in [-0.39, 0.29) is 22.3 Å². The lowest BCUT2D eigenvalue weighted by Crippen LogP contribution is -2.35. The molecule has 1 unspecified atom stereocenters. The van der Waals surface area contributed by atoms with Gasteiger partial charge in [0, 0.05) is 12.6 Å². The summed E-state index contributed by atoms with van der Waals surface area (Å²) in [5, 5.41) is 2.63. The molecule has 0 saturated heterocycles.